The molecule has 0 saturated heterocycles. The molecule has 23 heavy (non-hydrogen) atoms. The van der Waals surface area contributed by atoms with Crippen molar-refractivity contribution in [3.8, 4) is 11.5 Å². The molecule has 2 aromatic rings. The highest BCUT2D eigenvalue weighted by molar-refractivity contribution is 7.89. The summed E-state index contributed by atoms with van der Waals surface area (Å²) < 4.78 is 40.4. The zero-order valence-corrected chi connectivity index (χ0v) is 13.6. The first-order valence-electron chi connectivity index (χ1n) is 7.44. The van der Waals surface area contributed by atoms with E-state index in [0.29, 0.717) is 31.3 Å². The van der Waals surface area contributed by atoms with E-state index in [-0.39, 0.29) is 10.9 Å². The van der Waals surface area contributed by atoms with Gasteiger partial charge >= 0.3 is 0 Å². The fraction of sp³-hybridized carbons (Fsp3) is 0.400. The number of hydrogen-bond donors (Lipinski definition) is 1. The average molecular weight is 337 g/mol. The maximum atomic E-state index is 12.5. The Hall–Kier alpha value is -2.06. The Morgan fingerprint density at radius 3 is 2.83 bits per heavy atom. The molecule has 1 aliphatic heterocycles. The second kappa shape index (κ2) is 6.59. The van der Waals surface area contributed by atoms with Crippen molar-refractivity contribution in [1.82, 2.24) is 14.5 Å². The van der Waals surface area contributed by atoms with E-state index in [1.54, 1.807) is 36.1 Å². The van der Waals surface area contributed by atoms with Crippen LogP contribution in [0.4, 0.5) is 0 Å². The maximum Gasteiger partial charge on any atom is 0.241 e. The van der Waals surface area contributed by atoms with Gasteiger partial charge in [-0.05, 0) is 25.1 Å². The molecule has 1 aromatic heterocycles. The molecule has 1 aromatic carbocycles. The standard InChI is InChI=1S/C15H19N3O4S/c1-12(11-18-7-2-6-16-18)17-23(19,20)13-4-5-14-15(10-13)22-9-3-8-21-14/h2,4-7,10,12,17H,3,8-9,11H2,1H3. The predicted octanol–water partition coefficient (Wildman–Crippen LogP) is 1.41. The zero-order chi connectivity index (χ0) is 16.3. The topological polar surface area (TPSA) is 82.5 Å². The molecule has 0 saturated carbocycles. The van der Waals surface area contributed by atoms with Gasteiger partial charge in [0.25, 0.3) is 0 Å². The van der Waals surface area contributed by atoms with Crippen LogP contribution in [0, 0.1) is 0 Å². The third-order valence-corrected chi connectivity index (χ3v) is 4.99. The third kappa shape index (κ3) is 3.83. The maximum absolute atomic E-state index is 12.5. The minimum Gasteiger partial charge on any atom is -0.490 e. The molecular weight excluding hydrogens is 318 g/mol. The Kier molecular flexibility index (Phi) is 4.53. The summed E-state index contributed by atoms with van der Waals surface area (Å²) in [7, 11) is -3.63. The summed E-state index contributed by atoms with van der Waals surface area (Å²) in [4.78, 5) is 0.161. The van der Waals surface area contributed by atoms with E-state index in [1.165, 1.54) is 12.1 Å². The highest BCUT2D eigenvalue weighted by Gasteiger charge is 2.21. The second-order valence-electron chi connectivity index (χ2n) is 5.41. The van der Waals surface area contributed by atoms with Gasteiger partial charge in [0.2, 0.25) is 10.0 Å². The fourth-order valence-electron chi connectivity index (χ4n) is 2.37. The van der Waals surface area contributed by atoms with Crippen LogP contribution in [0.2, 0.25) is 0 Å². The molecule has 0 fully saturated rings. The van der Waals surface area contributed by atoms with Crippen molar-refractivity contribution in [1.29, 1.82) is 0 Å². The zero-order valence-electron chi connectivity index (χ0n) is 12.8. The number of fused-ring (bicyclic) bond motifs is 1. The first-order chi connectivity index (χ1) is 11.0. The monoisotopic (exact) mass is 337 g/mol. The van der Waals surface area contributed by atoms with Crippen LogP contribution < -0.4 is 14.2 Å². The molecule has 124 valence electrons. The predicted molar refractivity (Wildman–Crippen MR) is 84.1 cm³/mol. The lowest BCUT2D eigenvalue weighted by molar-refractivity contribution is 0.297. The molecule has 1 aliphatic rings. The Morgan fingerprint density at radius 1 is 1.30 bits per heavy atom. The van der Waals surface area contributed by atoms with Crippen molar-refractivity contribution in [2.45, 2.75) is 30.8 Å². The molecule has 2 heterocycles. The molecule has 8 heteroatoms. The van der Waals surface area contributed by atoms with Crippen LogP contribution in [-0.2, 0) is 16.6 Å². The van der Waals surface area contributed by atoms with Crippen molar-refractivity contribution < 1.29 is 17.9 Å². The molecular formula is C15H19N3O4S. The van der Waals surface area contributed by atoms with Crippen molar-refractivity contribution in [3.05, 3.63) is 36.7 Å². The van der Waals surface area contributed by atoms with Gasteiger partial charge in [-0.3, -0.25) is 4.68 Å². The Labute approximate surface area is 135 Å². The molecule has 0 radical (unpaired) electrons. The van der Waals surface area contributed by atoms with Gasteiger partial charge in [-0.2, -0.15) is 5.10 Å². The normalized spacial score (nSPS) is 15.9. The van der Waals surface area contributed by atoms with Crippen LogP contribution in [0.5, 0.6) is 11.5 Å². The highest BCUT2D eigenvalue weighted by atomic mass is 32.2. The van der Waals surface area contributed by atoms with E-state index < -0.39 is 10.0 Å². The number of nitrogens with zero attached hydrogens (tertiary/aromatic N) is 2. The molecule has 0 spiro atoms. The lowest BCUT2D eigenvalue weighted by Crippen LogP contribution is -2.35. The SMILES string of the molecule is CC(Cn1cccn1)NS(=O)(=O)c1ccc2c(c1)OCCCO2. The van der Waals surface area contributed by atoms with Crippen molar-refractivity contribution in [2.75, 3.05) is 13.2 Å². The number of benzene rings is 1. The number of rotatable bonds is 5. The van der Waals surface area contributed by atoms with Crippen molar-refractivity contribution in [3.63, 3.8) is 0 Å². The summed E-state index contributed by atoms with van der Waals surface area (Å²) in [5.41, 5.74) is 0. The Morgan fingerprint density at radius 2 is 2.09 bits per heavy atom. The minimum absolute atomic E-state index is 0.161. The van der Waals surface area contributed by atoms with Gasteiger partial charge in [0.15, 0.2) is 11.5 Å². The minimum atomic E-state index is -3.63. The molecule has 1 N–H and O–H groups in total. The van der Waals surface area contributed by atoms with Crippen LogP contribution >= 0.6 is 0 Å². The third-order valence-electron chi connectivity index (χ3n) is 3.41. The molecule has 0 aliphatic carbocycles. The van der Waals surface area contributed by atoms with Gasteiger partial charge in [0.1, 0.15) is 0 Å². The second-order valence-corrected chi connectivity index (χ2v) is 7.12. The van der Waals surface area contributed by atoms with Gasteiger partial charge in [-0.15, -0.1) is 0 Å². The molecule has 1 unspecified atom stereocenters. The van der Waals surface area contributed by atoms with Gasteiger partial charge in [-0.1, -0.05) is 0 Å². The number of aromatic nitrogens is 2. The van der Waals surface area contributed by atoms with E-state index in [2.05, 4.69) is 9.82 Å². The summed E-state index contributed by atoms with van der Waals surface area (Å²) in [6.07, 6.45) is 4.22. The van der Waals surface area contributed by atoms with Crippen molar-refractivity contribution in [2.24, 2.45) is 0 Å². The first-order valence-corrected chi connectivity index (χ1v) is 8.92. The van der Waals surface area contributed by atoms with Crippen LogP contribution in [-0.4, -0.2) is 37.5 Å². The largest absolute Gasteiger partial charge is 0.490 e. The molecule has 3 rings (SSSR count). The average Bonchev–Trinajstić information content (AvgIpc) is 2.88. The number of nitrogens with one attached hydrogen (secondary N) is 1. The van der Waals surface area contributed by atoms with E-state index in [0.717, 1.165) is 6.42 Å². The smallest absolute Gasteiger partial charge is 0.241 e. The number of hydrogen-bond acceptors (Lipinski definition) is 5. The summed E-state index contributed by atoms with van der Waals surface area (Å²) >= 11 is 0. The quantitative estimate of drug-likeness (QED) is 0.892. The molecule has 7 nitrogen and oxygen atoms in total. The highest BCUT2D eigenvalue weighted by Crippen LogP contribution is 2.31. The van der Waals surface area contributed by atoms with Gasteiger partial charge in [0.05, 0.1) is 24.7 Å². The lowest BCUT2D eigenvalue weighted by Gasteiger charge is -2.15. The van der Waals surface area contributed by atoms with Crippen molar-refractivity contribution >= 4 is 10.0 Å². The number of ether oxygens (including phenoxy) is 2. The molecule has 0 bridgehead atoms. The van der Waals surface area contributed by atoms with Gasteiger partial charge in [-0.25, -0.2) is 13.1 Å². The van der Waals surface area contributed by atoms with Crippen LogP contribution in [0.1, 0.15) is 13.3 Å². The summed E-state index contributed by atoms with van der Waals surface area (Å²) in [6, 6.07) is 6.16. The van der Waals surface area contributed by atoms with Gasteiger partial charge < -0.3 is 9.47 Å². The molecule has 0 amide bonds. The van der Waals surface area contributed by atoms with Gasteiger partial charge in [0, 0.05) is 30.9 Å². The van der Waals surface area contributed by atoms with Crippen LogP contribution in [0.15, 0.2) is 41.6 Å². The van der Waals surface area contributed by atoms with Crippen LogP contribution in [0.3, 0.4) is 0 Å². The van der Waals surface area contributed by atoms with E-state index in [1.807, 2.05) is 0 Å². The van der Waals surface area contributed by atoms with E-state index in [4.69, 9.17) is 9.47 Å². The Bertz CT molecular complexity index is 759. The number of sulfonamides is 1. The van der Waals surface area contributed by atoms with E-state index >= 15 is 0 Å². The Balaban J connectivity index is 1.75. The summed E-state index contributed by atoms with van der Waals surface area (Å²) in [5.74, 6) is 1.04. The summed E-state index contributed by atoms with van der Waals surface area (Å²) in [6.45, 7) is 3.33. The van der Waals surface area contributed by atoms with Crippen LogP contribution in [0.25, 0.3) is 0 Å². The molecule has 1 atom stereocenters. The fourth-order valence-corrected chi connectivity index (χ4v) is 3.62. The van der Waals surface area contributed by atoms with E-state index in [9.17, 15) is 8.42 Å². The first kappa shape index (κ1) is 15.8. The summed E-state index contributed by atoms with van der Waals surface area (Å²) in [5, 5.41) is 4.07. The lowest BCUT2D eigenvalue weighted by atomic mass is 10.3.